The summed E-state index contributed by atoms with van der Waals surface area (Å²) in [6.07, 6.45) is 0. The van der Waals surface area contributed by atoms with E-state index in [4.69, 9.17) is 18.0 Å². The van der Waals surface area contributed by atoms with Crippen molar-refractivity contribution in [3.63, 3.8) is 0 Å². The van der Waals surface area contributed by atoms with Gasteiger partial charge in [-0.25, -0.2) is 0 Å². The maximum Gasteiger partial charge on any atom is 0.224 e. The van der Waals surface area contributed by atoms with Crippen molar-refractivity contribution in [1.82, 2.24) is 5.32 Å². The number of carbonyl (C=O) groups excluding carboxylic acids is 1. The molecular formula is C13H18BrN3OS. The van der Waals surface area contributed by atoms with Gasteiger partial charge >= 0.3 is 0 Å². The van der Waals surface area contributed by atoms with Gasteiger partial charge in [-0.3, -0.25) is 4.79 Å². The van der Waals surface area contributed by atoms with E-state index in [0.29, 0.717) is 11.5 Å². The van der Waals surface area contributed by atoms with Crippen molar-refractivity contribution >= 4 is 44.7 Å². The van der Waals surface area contributed by atoms with Crippen LogP contribution in [-0.2, 0) is 4.79 Å². The van der Waals surface area contributed by atoms with E-state index in [0.717, 1.165) is 15.7 Å². The minimum atomic E-state index is -0.117. The van der Waals surface area contributed by atoms with Gasteiger partial charge in [0, 0.05) is 36.4 Å². The van der Waals surface area contributed by atoms with E-state index in [-0.39, 0.29) is 11.8 Å². The topological polar surface area (TPSA) is 58.4 Å². The molecule has 19 heavy (non-hydrogen) atoms. The quantitative estimate of drug-likeness (QED) is 0.801. The minimum Gasteiger partial charge on any atom is -0.389 e. The molecule has 0 bridgehead atoms. The van der Waals surface area contributed by atoms with Crippen molar-refractivity contribution in [3.05, 3.63) is 28.2 Å². The second kappa shape index (κ2) is 6.86. The van der Waals surface area contributed by atoms with Crippen molar-refractivity contribution in [3.8, 4) is 0 Å². The Morgan fingerprint density at radius 3 is 2.74 bits per heavy atom. The lowest BCUT2D eigenvalue weighted by Gasteiger charge is -2.25. The van der Waals surface area contributed by atoms with Gasteiger partial charge in [0.1, 0.15) is 4.99 Å². The molecule has 0 aliphatic heterocycles. The summed E-state index contributed by atoms with van der Waals surface area (Å²) in [7, 11) is 3.56. The van der Waals surface area contributed by atoms with Crippen LogP contribution < -0.4 is 16.0 Å². The number of nitrogens with two attached hydrogens (primary N) is 1. The van der Waals surface area contributed by atoms with Gasteiger partial charge < -0.3 is 16.0 Å². The van der Waals surface area contributed by atoms with Gasteiger partial charge in [0.05, 0.1) is 5.92 Å². The number of amides is 1. The molecule has 4 nitrogen and oxygen atoms in total. The lowest BCUT2D eigenvalue weighted by molar-refractivity contribution is -0.123. The Labute approximate surface area is 127 Å². The maximum atomic E-state index is 11.6. The zero-order valence-electron chi connectivity index (χ0n) is 11.2. The third kappa shape index (κ3) is 3.91. The summed E-state index contributed by atoms with van der Waals surface area (Å²) in [6.45, 7) is 2.47. The summed E-state index contributed by atoms with van der Waals surface area (Å²) >= 11 is 8.54. The summed E-state index contributed by atoms with van der Waals surface area (Å²) in [5.41, 5.74) is 7.48. The average Bonchev–Trinajstić information content (AvgIpc) is 2.36. The zero-order chi connectivity index (χ0) is 14.6. The van der Waals surface area contributed by atoms with Gasteiger partial charge in [-0.05, 0) is 28.1 Å². The first kappa shape index (κ1) is 15.9. The largest absolute Gasteiger partial charge is 0.389 e. The predicted octanol–water partition coefficient (Wildman–Crippen LogP) is 1.90. The number of thiocarbonyl (C=S) groups is 1. The lowest BCUT2D eigenvalue weighted by atomic mass is 10.1. The number of benzene rings is 1. The van der Waals surface area contributed by atoms with Crippen LogP contribution in [0, 0.1) is 5.92 Å². The Kier molecular flexibility index (Phi) is 5.75. The number of carbonyl (C=O) groups is 1. The maximum absolute atomic E-state index is 11.6. The van der Waals surface area contributed by atoms with Crippen LogP contribution in [0.3, 0.4) is 0 Å². The fourth-order valence-electron chi connectivity index (χ4n) is 1.91. The Balaban J connectivity index is 3.00. The highest BCUT2D eigenvalue weighted by Gasteiger charge is 2.17. The van der Waals surface area contributed by atoms with Crippen molar-refractivity contribution in [1.29, 1.82) is 0 Å². The Bertz CT molecular complexity index is 493. The van der Waals surface area contributed by atoms with Crippen molar-refractivity contribution in [2.75, 3.05) is 25.5 Å². The number of nitrogens with one attached hydrogen (secondary N) is 1. The van der Waals surface area contributed by atoms with Crippen LogP contribution in [0.15, 0.2) is 22.7 Å². The van der Waals surface area contributed by atoms with Gasteiger partial charge in [-0.2, -0.15) is 0 Å². The first-order chi connectivity index (χ1) is 8.88. The molecule has 0 saturated carbocycles. The van der Waals surface area contributed by atoms with E-state index in [1.54, 1.807) is 7.05 Å². The van der Waals surface area contributed by atoms with E-state index in [1.165, 1.54) is 0 Å². The van der Waals surface area contributed by atoms with E-state index >= 15 is 0 Å². The van der Waals surface area contributed by atoms with E-state index in [9.17, 15) is 4.79 Å². The van der Waals surface area contributed by atoms with Gasteiger partial charge in [0.2, 0.25) is 5.91 Å². The van der Waals surface area contributed by atoms with Gasteiger partial charge in [-0.1, -0.05) is 25.2 Å². The summed E-state index contributed by atoms with van der Waals surface area (Å²) in [5.74, 6) is -0.105. The predicted molar refractivity (Wildman–Crippen MR) is 86.5 cm³/mol. The van der Waals surface area contributed by atoms with Crippen molar-refractivity contribution < 1.29 is 4.79 Å². The SMILES string of the molecule is CNC(=O)C(C)CN(C)c1cccc(Br)c1C(N)=S. The molecule has 0 aliphatic rings. The highest BCUT2D eigenvalue weighted by atomic mass is 79.9. The third-order valence-corrected chi connectivity index (χ3v) is 3.76. The zero-order valence-corrected chi connectivity index (χ0v) is 13.6. The monoisotopic (exact) mass is 343 g/mol. The smallest absolute Gasteiger partial charge is 0.224 e. The molecule has 0 heterocycles. The van der Waals surface area contributed by atoms with Crippen LogP contribution in [0.25, 0.3) is 0 Å². The Hall–Kier alpha value is -1.14. The number of anilines is 1. The highest BCUT2D eigenvalue weighted by molar-refractivity contribution is 9.10. The van der Waals surface area contributed by atoms with E-state index in [2.05, 4.69) is 21.2 Å². The fraction of sp³-hybridized carbons (Fsp3) is 0.385. The van der Waals surface area contributed by atoms with Crippen LogP contribution in [0.5, 0.6) is 0 Å². The molecule has 104 valence electrons. The number of halogens is 1. The molecular weight excluding hydrogens is 326 g/mol. The highest BCUT2D eigenvalue weighted by Crippen LogP contribution is 2.27. The van der Waals surface area contributed by atoms with Gasteiger partial charge in [-0.15, -0.1) is 0 Å². The molecule has 1 rings (SSSR count). The minimum absolute atomic E-state index is 0.0127. The summed E-state index contributed by atoms with van der Waals surface area (Å²) < 4.78 is 0.858. The van der Waals surface area contributed by atoms with Crippen LogP contribution >= 0.6 is 28.1 Å². The summed E-state index contributed by atoms with van der Waals surface area (Å²) in [4.78, 5) is 13.9. The molecule has 1 aromatic rings. The third-order valence-electron chi connectivity index (χ3n) is 2.89. The molecule has 0 radical (unpaired) electrons. The standard InChI is InChI=1S/C13H18BrN3OS/c1-8(13(18)16-2)7-17(3)10-6-4-5-9(14)11(10)12(15)19/h4-6,8H,7H2,1-3H3,(H2,15,19)(H,16,18). The normalized spacial score (nSPS) is 11.8. The second-order valence-electron chi connectivity index (χ2n) is 4.39. The van der Waals surface area contributed by atoms with Gasteiger partial charge in [0.25, 0.3) is 0 Å². The van der Waals surface area contributed by atoms with Crippen LogP contribution in [-0.4, -0.2) is 31.5 Å². The molecule has 1 atom stereocenters. The second-order valence-corrected chi connectivity index (χ2v) is 5.69. The molecule has 0 aromatic heterocycles. The fourth-order valence-corrected chi connectivity index (χ4v) is 2.83. The van der Waals surface area contributed by atoms with Crippen LogP contribution in [0.1, 0.15) is 12.5 Å². The first-order valence-corrected chi connectivity index (χ1v) is 7.09. The van der Waals surface area contributed by atoms with Gasteiger partial charge in [0.15, 0.2) is 0 Å². The first-order valence-electron chi connectivity index (χ1n) is 5.89. The molecule has 1 aromatic carbocycles. The Morgan fingerprint density at radius 2 is 2.21 bits per heavy atom. The molecule has 1 amide bonds. The van der Waals surface area contributed by atoms with Crippen molar-refractivity contribution in [2.45, 2.75) is 6.92 Å². The molecule has 0 saturated heterocycles. The van der Waals surface area contributed by atoms with E-state index < -0.39 is 0 Å². The number of hydrogen-bond donors (Lipinski definition) is 2. The molecule has 3 N–H and O–H groups in total. The molecule has 0 aliphatic carbocycles. The van der Waals surface area contributed by atoms with Crippen LogP contribution in [0.2, 0.25) is 0 Å². The molecule has 6 heteroatoms. The summed E-state index contributed by atoms with van der Waals surface area (Å²) in [6, 6.07) is 5.76. The van der Waals surface area contributed by atoms with E-state index in [1.807, 2.05) is 37.1 Å². The average molecular weight is 344 g/mol. The number of rotatable bonds is 5. The molecule has 0 fully saturated rings. The lowest BCUT2D eigenvalue weighted by Crippen LogP contribution is -2.35. The number of nitrogens with zero attached hydrogens (tertiary/aromatic N) is 1. The number of hydrogen-bond acceptors (Lipinski definition) is 3. The summed E-state index contributed by atoms with van der Waals surface area (Å²) in [5, 5.41) is 2.64. The molecule has 0 spiro atoms. The van der Waals surface area contributed by atoms with Crippen LogP contribution in [0.4, 0.5) is 5.69 Å². The Morgan fingerprint density at radius 1 is 1.58 bits per heavy atom. The van der Waals surface area contributed by atoms with Crippen molar-refractivity contribution in [2.24, 2.45) is 11.7 Å². The molecule has 1 unspecified atom stereocenters.